The molecule has 0 bridgehead atoms. The normalized spacial score (nSPS) is 10.5. The quantitative estimate of drug-likeness (QED) is 0.812. The third kappa shape index (κ3) is 3.24. The van der Waals surface area contributed by atoms with E-state index in [0.717, 1.165) is 0 Å². The van der Waals surface area contributed by atoms with E-state index < -0.39 is 5.82 Å². The van der Waals surface area contributed by atoms with Crippen LogP contribution in [0.3, 0.4) is 0 Å². The molecule has 0 fully saturated rings. The fraction of sp³-hybridized carbons (Fsp3) is 0.0769. The van der Waals surface area contributed by atoms with Crippen molar-refractivity contribution in [1.82, 2.24) is 0 Å². The molecular formula is C13H9Cl3FNO. The van der Waals surface area contributed by atoms with Gasteiger partial charge in [-0.1, -0.05) is 40.9 Å². The van der Waals surface area contributed by atoms with Crippen LogP contribution >= 0.6 is 34.8 Å². The minimum atomic E-state index is -0.443. The van der Waals surface area contributed by atoms with Crippen molar-refractivity contribution >= 4 is 40.5 Å². The molecule has 0 radical (unpaired) electrons. The molecule has 0 aliphatic heterocycles. The van der Waals surface area contributed by atoms with E-state index in [4.69, 9.17) is 45.3 Å². The Morgan fingerprint density at radius 2 is 1.74 bits per heavy atom. The van der Waals surface area contributed by atoms with Crippen molar-refractivity contribution in [3.8, 4) is 5.75 Å². The van der Waals surface area contributed by atoms with Crippen LogP contribution in [0.15, 0.2) is 30.3 Å². The molecule has 0 heterocycles. The van der Waals surface area contributed by atoms with Crippen LogP contribution in [0.25, 0.3) is 0 Å². The molecule has 0 saturated heterocycles. The Morgan fingerprint density at radius 3 is 2.32 bits per heavy atom. The van der Waals surface area contributed by atoms with Crippen LogP contribution in [0.5, 0.6) is 5.75 Å². The summed E-state index contributed by atoms with van der Waals surface area (Å²) >= 11 is 17.7. The van der Waals surface area contributed by atoms with E-state index >= 15 is 0 Å². The molecule has 2 aromatic carbocycles. The van der Waals surface area contributed by atoms with Crippen molar-refractivity contribution < 1.29 is 9.13 Å². The highest BCUT2D eigenvalue weighted by Crippen LogP contribution is 2.36. The fourth-order valence-electron chi connectivity index (χ4n) is 1.54. The first-order chi connectivity index (χ1) is 8.99. The fourth-order valence-corrected chi connectivity index (χ4v) is 2.46. The zero-order valence-electron chi connectivity index (χ0n) is 9.59. The summed E-state index contributed by atoms with van der Waals surface area (Å²) in [5, 5.41) is 0.910. The molecule has 2 nitrogen and oxygen atoms in total. The Kier molecular flexibility index (Phi) is 4.40. The van der Waals surface area contributed by atoms with Crippen LogP contribution in [0.4, 0.5) is 10.1 Å². The number of hydrogen-bond acceptors (Lipinski definition) is 2. The maximum atomic E-state index is 13.6. The monoisotopic (exact) mass is 319 g/mol. The van der Waals surface area contributed by atoms with E-state index in [0.29, 0.717) is 10.7 Å². The topological polar surface area (TPSA) is 35.2 Å². The summed E-state index contributed by atoms with van der Waals surface area (Å²) in [4.78, 5) is 0. The van der Waals surface area contributed by atoms with E-state index in [1.54, 1.807) is 6.07 Å². The molecule has 0 aromatic heterocycles. The number of nitrogens with two attached hydrogens (primary N) is 1. The van der Waals surface area contributed by atoms with Crippen molar-refractivity contribution in [2.45, 2.75) is 6.61 Å². The first-order valence-corrected chi connectivity index (χ1v) is 6.42. The van der Waals surface area contributed by atoms with E-state index in [9.17, 15) is 4.39 Å². The molecule has 0 spiro atoms. The van der Waals surface area contributed by atoms with Gasteiger partial charge in [-0.05, 0) is 24.3 Å². The molecule has 0 aliphatic rings. The summed E-state index contributed by atoms with van der Waals surface area (Å²) in [6.45, 7) is -0.0699. The molecule has 19 heavy (non-hydrogen) atoms. The lowest BCUT2D eigenvalue weighted by atomic mass is 10.2. The molecule has 2 rings (SSSR count). The predicted molar refractivity (Wildman–Crippen MR) is 76.6 cm³/mol. The molecule has 2 aromatic rings. The number of ether oxygens (including phenoxy) is 1. The van der Waals surface area contributed by atoms with Crippen molar-refractivity contribution in [3.63, 3.8) is 0 Å². The highest BCUT2D eigenvalue weighted by Gasteiger charge is 2.12. The molecule has 100 valence electrons. The van der Waals surface area contributed by atoms with E-state index in [2.05, 4.69) is 0 Å². The highest BCUT2D eigenvalue weighted by molar-refractivity contribution is 6.40. The van der Waals surface area contributed by atoms with Crippen molar-refractivity contribution in [2.75, 3.05) is 5.73 Å². The smallest absolute Gasteiger partial charge is 0.157 e. The number of benzene rings is 2. The lowest BCUT2D eigenvalue weighted by molar-refractivity contribution is 0.301. The van der Waals surface area contributed by atoms with Gasteiger partial charge in [0.15, 0.2) is 5.75 Å². The Bertz CT molecular complexity index is 576. The Balaban J connectivity index is 2.24. The van der Waals surface area contributed by atoms with E-state index in [1.165, 1.54) is 24.3 Å². The average molecular weight is 321 g/mol. The first-order valence-electron chi connectivity index (χ1n) is 5.29. The van der Waals surface area contributed by atoms with Crippen LogP contribution < -0.4 is 10.5 Å². The van der Waals surface area contributed by atoms with Crippen LogP contribution in [0.1, 0.15) is 5.56 Å². The summed E-state index contributed by atoms with van der Waals surface area (Å²) in [7, 11) is 0. The number of rotatable bonds is 3. The standard InChI is InChI=1S/C13H9Cl3FNO/c14-7-4-9(15)13(10(16)5-7)19-6-8-11(17)2-1-3-12(8)18/h1-5H,6,18H2. The number of hydrogen-bond donors (Lipinski definition) is 1. The van der Waals surface area contributed by atoms with Crippen LogP contribution in [0.2, 0.25) is 15.1 Å². The lowest BCUT2D eigenvalue weighted by Crippen LogP contribution is -2.03. The van der Waals surface area contributed by atoms with Gasteiger partial charge in [-0.3, -0.25) is 0 Å². The van der Waals surface area contributed by atoms with E-state index in [1.807, 2.05) is 0 Å². The average Bonchev–Trinajstić information content (AvgIpc) is 2.31. The number of nitrogen functional groups attached to an aromatic ring is 1. The second-order valence-electron chi connectivity index (χ2n) is 3.79. The summed E-state index contributed by atoms with van der Waals surface area (Å²) < 4.78 is 19.0. The predicted octanol–water partition coefficient (Wildman–Crippen LogP) is 4.95. The third-order valence-electron chi connectivity index (χ3n) is 2.48. The largest absolute Gasteiger partial charge is 0.486 e. The van der Waals surface area contributed by atoms with Crippen LogP contribution in [0, 0.1) is 5.82 Å². The Labute approximate surface area is 124 Å². The summed E-state index contributed by atoms with van der Waals surface area (Å²) in [5.41, 5.74) is 6.24. The zero-order valence-corrected chi connectivity index (χ0v) is 11.9. The Morgan fingerprint density at radius 1 is 1.11 bits per heavy atom. The van der Waals surface area contributed by atoms with Crippen molar-refractivity contribution in [1.29, 1.82) is 0 Å². The molecule has 6 heteroatoms. The third-order valence-corrected chi connectivity index (χ3v) is 3.26. The molecule has 2 N–H and O–H groups in total. The first kappa shape index (κ1) is 14.3. The van der Waals surface area contributed by atoms with Gasteiger partial charge in [-0.2, -0.15) is 0 Å². The molecule has 0 saturated carbocycles. The molecule has 0 amide bonds. The zero-order chi connectivity index (χ0) is 14.0. The summed E-state index contributed by atoms with van der Waals surface area (Å²) in [6, 6.07) is 7.41. The second kappa shape index (κ2) is 5.87. The minimum absolute atomic E-state index is 0.0699. The van der Waals surface area contributed by atoms with Gasteiger partial charge < -0.3 is 10.5 Å². The van der Waals surface area contributed by atoms with E-state index in [-0.39, 0.29) is 28.0 Å². The minimum Gasteiger partial charge on any atom is -0.486 e. The molecule has 0 atom stereocenters. The molecule has 0 unspecified atom stereocenters. The SMILES string of the molecule is Nc1cccc(F)c1COc1c(Cl)cc(Cl)cc1Cl. The number of halogens is 4. The molecular weight excluding hydrogens is 312 g/mol. The van der Waals surface area contributed by atoms with Gasteiger partial charge in [0.25, 0.3) is 0 Å². The second-order valence-corrected chi connectivity index (χ2v) is 5.05. The van der Waals surface area contributed by atoms with Gasteiger partial charge in [-0.15, -0.1) is 0 Å². The number of anilines is 1. The van der Waals surface area contributed by atoms with Gasteiger partial charge in [0.05, 0.1) is 10.0 Å². The molecule has 0 aliphatic carbocycles. The van der Waals surface area contributed by atoms with Crippen LogP contribution in [-0.2, 0) is 6.61 Å². The summed E-state index contributed by atoms with van der Waals surface area (Å²) in [6.07, 6.45) is 0. The van der Waals surface area contributed by atoms with Gasteiger partial charge in [0.2, 0.25) is 0 Å². The lowest BCUT2D eigenvalue weighted by Gasteiger charge is -2.12. The van der Waals surface area contributed by atoms with Gasteiger partial charge in [-0.25, -0.2) is 4.39 Å². The van der Waals surface area contributed by atoms with Crippen molar-refractivity contribution in [3.05, 3.63) is 56.8 Å². The maximum absolute atomic E-state index is 13.6. The van der Waals surface area contributed by atoms with Gasteiger partial charge in [0.1, 0.15) is 12.4 Å². The van der Waals surface area contributed by atoms with Crippen molar-refractivity contribution in [2.24, 2.45) is 0 Å². The Hall–Kier alpha value is -1.16. The van der Waals surface area contributed by atoms with Gasteiger partial charge in [0, 0.05) is 16.3 Å². The highest BCUT2D eigenvalue weighted by atomic mass is 35.5. The van der Waals surface area contributed by atoms with Gasteiger partial charge >= 0.3 is 0 Å². The summed E-state index contributed by atoms with van der Waals surface area (Å²) in [5.74, 6) is -0.198. The van der Waals surface area contributed by atoms with Crippen LogP contribution in [-0.4, -0.2) is 0 Å². The maximum Gasteiger partial charge on any atom is 0.157 e.